The third kappa shape index (κ3) is 3.66. The Morgan fingerprint density at radius 3 is 2.57 bits per heavy atom. The standard InChI is InChI=1S/C11H21NO2/c1-12(11(14)7-8-13)9-10-5-3-2-4-6-10/h10,13H,2-9H2,1H3. The SMILES string of the molecule is CN(CC1CCCCC1)C(=O)CCO. The molecule has 1 saturated carbocycles. The lowest BCUT2D eigenvalue weighted by molar-refractivity contribution is -0.131. The quantitative estimate of drug-likeness (QED) is 0.743. The van der Waals surface area contributed by atoms with Crippen LogP contribution in [0.15, 0.2) is 0 Å². The van der Waals surface area contributed by atoms with E-state index in [1.165, 1.54) is 32.1 Å². The maximum atomic E-state index is 11.4. The predicted molar refractivity (Wildman–Crippen MR) is 55.9 cm³/mol. The van der Waals surface area contributed by atoms with Crippen LogP contribution in [0.25, 0.3) is 0 Å². The summed E-state index contributed by atoms with van der Waals surface area (Å²) in [7, 11) is 1.84. The zero-order valence-corrected chi connectivity index (χ0v) is 9.04. The molecule has 1 aliphatic rings. The molecule has 0 aliphatic heterocycles. The molecule has 1 N–H and O–H groups in total. The van der Waals surface area contributed by atoms with E-state index in [1.54, 1.807) is 4.90 Å². The third-order valence-electron chi connectivity index (χ3n) is 3.01. The Bertz CT molecular complexity index is 176. The first-order chi connectivity index (χ1) is 6.74. The summed E-state index contributed by atoms with van der Waals surface area (Å²) in [6, 6.07) is 0. The number of aliphatic hydroxyl groups excluding tert-OH is 1. The molecule has 0 unspecified atom stereocenters. The van der Waals surface area contributed by atoms with Gasteiger partial charge in [-0.15, -0.1) is 0 Å². The number of carbonyl (C=O) groups excluding carboxylic acids is 1. The van der Waals surface area contributed by atoms with Crippen LogP contribution in [0.3, 0.4) is 0 Å². The molecule has 0 saturated heterocycles. The summed E-state index contributed by atoms with van der Waals surface area (Å²) in [5.74, 6) is 0.759. The van der Waals surface area contributed by atoms with Gasteiger partial charge < -0.3 is 10.0 Å². The minimum absolute atomic E-state index is 0.0339. The Morgan fingerprint density at radius 1 is 1.36 bits per heavy atom. The molecular formula is C11H21NO2. The van der Waals surface area contributed by atoms with Crippen molar-refractivity contribution < 1.29 is 9.90 Å². The molecule has 0 atom stereocenters. The van der Waals surface area contributed by atoms with Gasteiger partial charge in [-0.25, -0.2) is 0 Å². The second kappa shape index (κ2) is 6.02. The van der Waals surface area contributed by atoms with Crippen molar-refractivity contribution in [2.24, 2.45) is 5.92 Å². The number of amides is 1. The average Bonchev–Trinajstić information content (AvgIpc) is 2.19. The molecule has 1 aliphatic carbocycles. The number of rotatable bonds is 4. The fraction of sp³-hybridized carbons (Fsp3) is 0.909. The molecule has 0 heterocycles. The number of aliphatic hydroxyl groups is 1. The zero-order valence-electron chi connectivity index (χ0n) is 9.04. The Morgan fingerprint density at radius 2 is 2.00 bits per heavy atom. The van der Waals surface area contributed by atoms with Gasteiger partial charge in [0.15, 0.2) is 0 Å². The van der Waals surface area contributed by atoms with Gasteiger partial charge in [-0.3, -0.25) is 4.79 Å². The van der Waals surface area contributed by atoms with E-state index in [0.29, 0.717) is 5.92 Å². The van der Waals surface area contributed by atoms with E-state index in [1.807, 2.05) is 7.05 Å². The highest BCUT2D eigenvalue weighted by molar-refractivity contribution is 5.75. The van der Waals surface area contributed by atoms with Crippen LogP contribution in [0, 0.1) is 5.92 Å². The van der Waals surface area contributed by atoms with Crippen LogP contribution in [-0.4, -0.2) is 36.1 Å². The molecule has 0 aromatic heterocycles. The molecule has 1 amide bonds. The lowest BCUT2D eigenvalue weighted by Crippen LogP contribution is -2.32. The van der Waals surface area contributed by atoms with E-state index in [-0.39, 0.29) is 18.9 Å². The Labute approximate surface area is 86.1 Å². The summed E-state index contributed by atoms with van der Waals surface area (Å²) >= 11 is 0. The van der Waals surface area contributed by atoms with Gasteiger partial charge in [0, 0.05) is 20.0 Å². The van der Waals surface area contributed by atoms with E-state index in [4.69, 9.17) is 5.11 Å². The van der Waals surface area contributed by atoms with Crippen LogP contribution in [0.4, 0.5) is 0 Å². The van der Waals surface area contributed by atoms with E-state index >= 15 is 0 Å². The minimum atomic E-state index is -0.0339. The molecule has 0 bridgehead atoms. The lowest BCUT2D eigenvalue weighted by Gasteiger charge is -2.26. The van der Waals surface area contributed by atoms with Crippen molar-refractivity contribution in [3.63, 3.8) is 0 Å². The Hall–Kier alpha value is -0.570. The summed E-state index contributed by atoms with van der Waals surface area (Å²) in [6.45, 7) is 0.840. The van der Waals surface area contributed by atoms with E-state index in [2.05, 4.69) is 0 Å². The van der Waals surface area contributed by atoms with Crippen molar-refractivity contribution >= 4 is 5.91 Å². The molecule has 0 radical (unpaired) electrons. The number of hydrogen-bond donors (Lipinski definition) is 1. The summed E-state index contributed by atoms with van der Waals surface area (Å²) in [4.78, 5) is 13.2. The number of hydrogen-bond acceptors (Lipinski definition) is 2. The van der Waals surface area contributed by atoms with Gasteiger partial charge in [0.1, 0.15) is 0 Å². The van der Waals surface area contributed by atoms with Gasteiger partial charge in [0.05, 0.1) is 6.61 Å². The molecule has 3 heteroatoms. The predicted octanol–water partition coefficient (Wildman–Crippen LogP) is 1.41. The smallest absolute Gasteiger partial charge is 0.224 e. The molecule has 82 valence electrons. The minimum Gasteiger partial charge on any atom is -0.396 e. The first-order valence-electron chi connectivity index (χ1n) is 5.59. The lowest BCUT2D eigenvalue weighted by atomic mass is 9.89. The maximum absolute atomic E-state index is 11.4. The highest BCUT2D eigenvalue weighted by atomic mass is 16.3. The van der Waals surface area contributed by atoms with E-state index < -0.39 is 0 Å². The van der Waals surface area contributed by atoms with Gasteiger partial charge in [-0.1, -0.05) is 19.3 Å². The van der Waals surface area contributed by atoms with Crippen LogP contribution in [0.2, 0.25) is 0 Å². The van der Waals surface area contributed by atoms with Crippen molar-refractivity contribution in [2.75, 3.05) is 20.2 Å². The Balaban J connectivity index is 2.24. The zero-order chi connectivity index (χ0) is 10.4. The molecule has 0 aromatic carbocycles. The van der Waals surface area contributed by atoms with Gasteiger partial charge in [-0.2, -0.15) is 0 Å². The van der Waals surface area contributed by atoms with Crippen molar-refractivity contribution in [1.29, 1.82) is 0 Å². The fourth-order valence-corrected chi connectivity index (χ4v) is 2.15. The second-order valence-corrected chi connectivity index (χ2v) is 4.25. The molecular weight excluding hydrogens is 178 g/mol. The van der Waals surface area contributed by atoms with Gasteiger partial charge in [-0.05, 0) is 18.8 Å². The van der Waals surface area contributed by atoms with Crippen LogP contribution < -0.4 is 0 Å². The van der Waals surface area contributed by atoms with Gasteiger partial charge in [0.2, 0.25) is 5.91 Å². The molecule has 0 aromatic rings. The molecule has 1 rings (SSSR count). The van der Waals surface area contributed by atoms with Crippen molar-refractivity contribution in [1.82, 2.24) is 4.90 Å². The second-order valence-electron chi connectivity index (χ2n) is 4.25. The van der Waals surface area contributed by atoms with E-state index in [0.717, 1.165) is 6.54 Å². The summed E-state index contributed by atoms with van der Waals surface area (Å²) in [6.07, 6.45) is 6.76. The largest absolute Gasteiger partial charge is 0.396 e. The van der Waals surface area contributed by atoms with Gasteiger partial charge in [0.25, 0.3) is 0 Å². The first kappa shape index (κ1) is 11.5. The summed E-state index contributed by atoms with van der Waals surface area (Å²) in [5.41, 5.74) is 0. The summed E-state index contributed by atoms with van der Waals surface area (Å²) in [5, 5.41) is 8.64. The third-order valence-corrected chi connectivity index (χ3v) is 3.01. The van der Waals surface area contributed by atoms with Gasteiger partial charge >= 0.3 is 0 Å². The van der Waals surface area contributed by atoms with Crippen LogP contribution >= 0.6 is 0 Å². The van der Waals surface area contributed by atoms with E-state index in [9.17, 15) is 4.79 Å². The van der Waals surface area contributed by atoms with Crippen LogP contribution in [0.1, 0.15) is 38.5 Å². The molecule has 1 fully saturated rings. The highest BCUT2D eigenvalue weighted by Crippen LogP contribution is 2.24. The van der Waals surface area contributed by atoms with Crippen LogP contribution in [0.5, 0.6) is 0 Å². The van der Waals surface area contributed by atoms with Crippen LogP contribution in [-0.2, 0) is 4.79 Å². The highest BCUT2D eigenvalue weighted by Gasteiger charge is 2.17. The van der Waals surface area contributed by atoms with Crippen molar-refractivity contribution in [2.45, 2.75) is 38.5 Å². The number of carbonyl (C=O) groups is 1. The monoisotopic (exact) mass is 199 g/mol. The average molecular weight is 199 g/mol. The Kier molecular flexibility index (Phi) is 4.94. The topological polar surface area (TPSA) is 40.5 Å². The molecule has 14 heavy (non-hydrogen) atoms. The van der Waals surface area contributed by atoms with Crippen molar-refractivity contribution in [3.05, 3.63) is 0 Å². The number of nitrogens with zero attached hydrogens (tertiary/aromatic N) is 1. The van der Waals surface area contributed by atoms with Crippen molar-refractivity contribution in [3.8, 4) is 0 Å². The normalized spacial score (nSPS) is 18.1. The molecule has 3 nitrogen and oxygen atoms in total. The maximum Gasteiger partial charge on any atom is 0.224 e. The summed E-state index contributed by atoms with van der Waals surface area (Å²) < 4.78 is 0. The first-order valence-corrected chi connectivity index (χ1v) is 5.59. The fourth-order valence-electron chi connectivity index (χ4n) is 2.15. The molecule has 0 spiro atoms.